The summed E-state index contributed by atoms with van der Waals surface area (Å²) in [6.07, 6.45) is 2.84. The fraction of sp³-hybridized carbons (Fsp3) is 0.318. The SMILES string of the molecule is Cc1nn(CCCC(=O)NCCCc2ccccc2)c(=O)c2cc3sccc3n12. The van der Waals surface area contributed by atoms with Crippen molar-refractivity contribution >= 4 is 33.0 Å². The summed E-state index contributed by atoms with van der Waals surface area (Å²) in [5.74, 6) is 0.797. The highest BCUT2D eigenvalue weighted by atomic mass is 32.1. The molecular formula is C22H24N4O2S. The van der Waals surface area contributed by atoms with Crippen molar-refractivity contribution in [3.63, 3.8) is 0 Å². The first-order chi connectivity index (χ1) is 14.1. The number of thiophene rings is 1. The van der Waals surface area contributed by atoms with Crippen LogP contribution in [0.1, 0.15) is 30.7 Å². The van der Waals surface area contributed by atoms with Crippen molar-refractivity contribution in [2.45, 2.75) is 39.2 Å². The highest BCUT2D eigenvalue weighted by molar-refractivity contribution is 7.17. The van der Waals surface area contributed by atoms with E-state index in [-0.39, 0.29) is 11.5 Å². The summed E-state index contributed by atoms with van der Waals surface area (Å²) in [5, 5.41) is 9.42. The molecule has 7 heteroatoms. The maximum atomic E-state index is 12.8. The van der Waals surface area contributed by atoms with Crippen molar-refractivity contribution in [2.75, 3.05) is 6.54 Å². The molecule has 1 amide bonds. The Bertz CT molecular complexity index is 1190. The molecule has 0 aliphatic carbocycles. The van der Waals surface area contributed by atoms with Gasteiger partial charge >= 0.3 is 0 Å². The van der Waals surface area contributed by atoms with Crippen LogP contribution in [0.5, 0.6) is 0 Å². The number of carbonyl (C=O) groups is 1. The van der Waals surface area contributed by atoms with Crippen LogP contribution in [0.25, 0.3) is 15.7 Å². The first kappa shape index (κ1) is 19.4. The number of benzene rings is 1. The van der Waals surface area contributed by atoms with Crippen LogP contribution in [0, 0.1) is 6.92 Å². The third-order valence-corrected chi connectivity index (χ3v) is 5.90. The van der Waals surface area contributed by atoms with E-state index in [0.717, 1.165) is 28.9 Å². The number of nitrogens with one attached hydrogen (secondary N) is 1. The van der Waals surface area contributed by atoms with Crippen LogP contribution >= 0.6 is 11.3 Å². The second-order valence-corrected chi connectivity index (χ2v) is 8.10. The molecule has 29 heavy (non-hydrogen) atoms. The fourth-order valence-electron chi connectivity index (χ4n) is 3.62. The van der Waals surface area contributed by atoms with E-state index < -0.39 is 0 Å². The molecule has 4 aromatic rings. The molecule has 0 radical (unpaired) electrons. The lowest BCUT2D eigenvalue weighted by atomic mass is 10.1. The van der Waals surface area contributed by atoms with Crippen LogP contribution in [0.2, 0.25) is 0 Å². The molecule has 0 saturated carbocycles. The van der Waals surface area contributed by atoms with Gasteiger partial charge in [0.05, 0.1) is 10.2 Å². The van der Waals surface area contributed by atoms with Gasteiger partial charge in [-0.15, -0.1) is 11.3 Å². The van der Waals surface area contributed by atoms with E-state index in [1.165, 1.54) is 10.2 Å². The Morgan fingerprint density at radius 2 is 1.97 bits per heavy atom. The average Bonchev–Trinajstić information content (AvgIpc) is 3.31. The molecule has 0 bridgehead atoms. The van der Waals surface area contributed by atoms with E-state index in [2.05, 4.69) is 22.5 Å². The highest BCUT2D eigenvalue weighted by Gasteiger charge is 2.13. The first-order valence-corrected chi connectivity index (χ1v) is 10.8. The molecule has 4 rings (SSSR count). The van der Waals surface area contributed by atoms with Crippen molar-refractivity contribution in [3.05, 3.63) is 69.6 Å². The number of nitrogens with zero attached hydrogens (tertiary/aromatic N) is 3. The van der Waals surface area contributed by atoms with E-state index in [1.54, 1.807) is 11.3 Å². The van der Waals surface area contributed by atoms with E-state index in [0.29, 0.717) is 31.4 Å². The Morgan fingerprint density at radius 1 is 1.14 bits per heavy atom. The standard InChI is InChI=1S/C22H24N4O2S/c1-16-24-25(22(28)19-15-20-18(26(16)19)11-14-29-20)13-6-10-21(27)23-12-5-9-17-7-3-2-4-8-17/h2-4,7-8,11,14-15H,5-6,9-10,12-13H2,1H3,(H,23,27). The number of aryl methyl sites for hydroxylation is 3. The van der Waals surface area contributed by atoms with Crippen LogP contribution in [-0.4, -0.2) is 26.6 Å². The number of fused-ring (bicyclic) bond motifs is 3. The molecule has 0 aliphatic rings. The number of rotatable bonds is 8. The van der Waals surface area contributed by atoms with Crippen LogP contribution < -0.4 is 10.9 Å². The monoisotopic (exact) mass is 408 g/mol. The van der Waals surface area contributed by atoms with Crippen LogP contribution in [0.4, 0.5) is 0 Å². The van der Waals surface area contributed by atoms with Crippen LogP contribution in [0.15, 0.2) is 52.6 Å². The summed E-state index contributed by atoms with van der Waals surface area (Å²) in [5.41, 5.74) is 2.84. The highest BCUT2D eigenvalue weighted by Crippen LogP contribution is 2.24. The minimum absolute atomic E-state index is 0.0205. The third kappa shape index (κ3) is 4.24. The molecule has 0 aliphatic heterocycles. The van der Waals surface area contributed by atoms with Crippen LogP contribution in [0.3, 0.4) is 0 Å². The van der Waals surface area contributed by atoms with Crippen molar-refractivity contribution in [1.29, 1.82) is 0 Å². The Labute approximate surface area is 172 Å². The molecule has 0 fully saturated rings. The number of hydrogen-bond acceptors (Lipinski definition) is 4. The summed E-state index contributed by atoms with van der Waals surface area (Å²) in [6, 6.07) is 14.2. The van der Waals surface area contributed by atoms with Gasteiger partial charge in [0.25, 0.3) is 5.56 Å². The maximum Gasteiger partial charge on any atom is 0.291 e. The predicted molar refractivity (Wildman–Crippen MR) is 117 cm³/mol. The minimum Gasteiger partial charge on any atom is -0.356 e. The van der Waals surface area contributed by atoms with E-state index in [4.69, 9.17) is 0 Å². The van der Waals surface area contributed by atoms with Gasteiger partial charge in [0.15, 0.2) is 0 Å². The number of amides is 1. The van der Waals surface area contributed by atoms with Crippen molar-refractivity contribution in [3.8, 4) is 0 Å². The predicted octanol–water partition coefficient (Wildman–Crippen LogP) is 3.55. The topological polar surface area (TPSA) is 68.4 Å². The van der Waals surface area contributed by atoms with Gasteiger partial charge in [0, 0.05) is 19.5 Å². The van der Waals surface area contributed by atoms with Gasteiger partial charge in [0.1, 0.15) is 11.3 Å². The molecule has 0 saturated heterocycles. The Morgan fingerprint density at radius 3 is 2.79 bits per heavy atom. The molecule has 1 aromatic carbocycles. The number of aromatic nitrogens is 3. The largest absolute Gasteiger partial charge is 0.356 e. The minimum atomic E-state index is -0.109. The molecular weight excluding hydrogens is 384 g/mol. The zero-order valence-electron chi connectivity index (χ0n) is 16.4. The summed E-state index contributed by atoms with van der Waals surface area (Å²) in [4.78, 5) is 24.8. The van der Waals surface area contributed by atoms with Gasteiger partial charge in [0.2, 0.25) is 5.91 Å². The summed E-state index contributed by atoms with van der Waals surface area (Å²) in [7, 11) is 0. The molecule has 1 N–H and O–H groups in total. The van der Waals surface area contributed by atoms with E-state index >= 15 is 0 Å². The van der Waals surface area contributed by atoms with E-state index in [9.17, 15) is 9.59 Å². The Balaban J connectivity index is 1.29. The lowest BCUT2D eigenvalue weighted by Gasteiger charge is -2.09. The zero-order chi connectivity index (χ0) is 20.2. The van der Waals surface area contributed by atoms with Gasteiger partial charge in [-0.25, -0.2) is 4.68 Å². The number of carbonyl (C=O) groups excluding carboxylic acids is 1. The Hall–Kier alpha value is -2.93. The van der Waals surface area contributed by atoms with E-state index in [1.807, 2.05) is 47.0 Å². The second kappa shape index (κ2) is 8.61. The smallest absolute Gasteiger partial charge is 0.291 e. The van der Waals surface area contributed by atoms with Crippen molar-refractivity contribution < 1.29 is 4.79 Å². The third-order valence-electron chi connectivity index (χ3n) is 5.05. The maximum absolute atomic E-state index is 12.8. The molecule has 6 nitrogen and oxygen atoms in total. The molecule has 3 aromatic heterocycles. The van der Waals surface area contributed by atoms with Gasteiger partial charge in [-0.2, -0.15) is 5.10 Å². The number of hydrogen-bond donors (Lipinski definition) is 1. The quantitative estimate of drug-likeness (QED) is 0.453. The molecule has 0 atom stereocenters. The fourth-order valence-corrected chi connectivity index (χ4v) is 4.43. The van der Waals surface area contributed by atoms with Gasteiger partial charge in [-0.3, -0.25) is 14.0 Å². The molecule has 0 spiro atoms. The lowest BCUT2D eigenvalue weighted by Crippen LogP contribution is -2.28. The van der Waals surface area contributed by atoms with Crippen molar-refractivity contribution in [2.24, 2.45) is 0 Å². The van der Waals surface area contributed by atoms with Gasteiger partial charge in [-0.05, 0) is 49.3 Å². The molecule has 0 unspecified atom stereocenters. The summed E-state index contributed by atoms with van der Waals surface area (Å²) >= 11 is 1.62. The van der Waals surface area contributed by atoms with Crippen molar-refractivity contribution in [1.82, 2.24) is 19.5 Å². The second-order valence-electron chi connectivity index (χ2n) is 7.15. The molecule has 3 heterocycles. The van der Waals surface area contributed by atoms with Crippen LogP contribution in [-0.2, 0) is 17.8 Å². The van der Waals surface area contributed by atoms with Gasteiger partial charge < -0.3 is 5.32 Å². The average molecular weight is 409 g/mol. The Kier molecular flexibility index (Phi) is 5.76. The first-order valence-electron chi connectivity index (χ1n) is 9.90. The van der Waals surface area contributed by atoms with Gasteiger partial charge in [-0.1, -0.05) is 30.3 Å². The normalized spacial score (nSPS) is 11.3. The summed E-state index contributed by atoms with van der Waals surface area (Å²) in [6.45, 7) is 3.00. The zero-order valence-corrected chi connectivity index (χ0v) is 17.2. The molecule has 150 valence electrons. The lowest BCUT2D eigenvalue weighted by molar-refractivity contribution is -0.121. The summed E-state index contributed by atoms with van der Waals surface area (Å²) < 4.78 is 4.47.